The predicted molar refractivity (Wildman–Crippen MR) is 94.3 cm³/mol. The molecule has 2 aromatic rings. The molecule has 0 spiro atoms. The number of carbonyl (C=O) groups is 2. The van der Waals surface area contributed by atoms with E-state index in [9.17, 15) is 14.4 Å². The molecule has 0 saturated heterocycles. The molecular formula is C19H18N2O4. The largest absolute Gasteiger partial charge is 0.482 e. The van der Waals surface area contributed by atoms with Gasteiger partial charge in [-0.3, -0.25) is 14.4 Å². The molecule has 0 radical (unpaired) electrons. The number of fused-ring (bicyclic) bond motifs is 1. The Hall–Kier alpha value is -3.15. The van der Waals surface area contributed by atoms with Gasteiger partial charge in [-0.25, -0.2) is 0 Å². The van der Waals surface area contributed by atoms with Gasteiger partial charge in [0, 0.05) is 23.9 Å². The molecule has 6 nitrogen and oxygen atoms in total. The van der Waals surface area contributed by atoms with Gasteiger partial charge in [-0.1, -0.05) is 12.1 Å². The minimum atomic E-state index is -0.216. The van der Waals surface area contributed by atoms with Crippen LogP contribution in [0.1, 0.15) is 15.9 Å². The van der Waals surface area contributed by atoms with E-state index in [2.05, 4.69) is 6.58 Å². The van der Waals surface area contributed by atoms with Gasteiger partial charge in [-0.15, -0.1) is 6.58 Å². The van der Waals surface area contributed by atoms with Crippen molar-refractivity contribution in [1.82, 2.24) is 4.57 Å². The maximum absolute atomic E-state index is 12.6. The van der Waals surface area contributed by atoms with Gasteiger partial charge in [-0.2, -0.15) is 0 Å². The number of benzene rings is 1. The standard InChI is InChI=1S/C19H18N2O4/c1-3-8-21-15-10-14(6-7-17(15)25-12-18(21)23)16(22)11-20-9-4-5-13(2)19(20)24/h3-7,9-10H,1,8,11-12H2,2H3. The molecule has 0 aliphatic carbocycles. The van der Waals surface area contributed by atoms with E-state index in [1.165, 1.54) is 9.47 Å². The van der Waals surface area contributed by atoms with Crippen LogP contribution in [-0.2, 0) is 11.3 Å². The van der Waals surface area contributed by atoms with E-state index in [1.807, 2.05) is 0 Å². The van der Waals surface area contributed by atoms with Crippen LogP contribution in [0.4, 0.5) is 5.69 Å². The van der Waals surface area contributed by atoms with Gasteiger partial charge in [0.2, 0.25) is 0 Å². The second kappa shape index (κ2) is 6.76. The van der Waals surface area contributed by atoms with Crippen LogP contribution >= 0.6 is 0 Å². The Kier molecular flexibility index (Phi) is 4.52. The summed E-state index contributed by atoms with van der Waals surface area (Å²) in [6, 6.07) is 8.38. The molecule has 6 heteroatoms. The first-order chi connectivity index (χ1) is 12.0. The lowest BCUT2D eigenvalue weighted by Gasteiger charge is -2.28. The topological polar surface area (TPSA) is 68.6 Å². The van der Waals surface area contributed by atoms with Gasteiger partial charge < -0.3 is 14.2 Å². The molecule has 0 bridgehead atoms. The van der Waals surface area contributed by atoms with E-state index in [-0.39, 0.29) is 30.4 Å². The molecule has 0 saturated carbocycles. The zero-order valence-electron chi connectivity index (χ0n) is 13.9. The highest BCUT2D eigenvalue weighted by Crippen LogP contribution is 2.33. The summed E-state index contributed by atoms with van der Waals surface area (Å²) in [5.74, 6) is 0.143. The lowest BCUT2D eigenvalue weighted by molar-refractivity contribution is -0.121. The Balaban J connectivity index is 1.92. The highest BCUT2D eigenvalue weighted by atomic mass is 16.5. The number of Topliss-reactive ketones (excluding diaryl/α,β-unsaturated/α-hetero) is 1. The Morgan fingerprint density at radius 1 is 1.32 bits per heavy atom. The van der Waals surface area contributed by atoms with Crippen molar-refractivity contribution >= 4 is 17.4 Å². The summed E-state index contributed by atoms with van der Waals surface area (Å²) in [7, 11) is 0. The zero-order valence-corrected chi connectivity index (χ0v) is 13.9. The second-order valence-corrected chi connectivity index (χ2v) is 5.81. The highest BCUT2D eigenvalue weighted by Gasteiger charge is 2.25. The summed E-state index contributed by atoms with van der Waals surface area (Å²) < 4.78 is 6.78. The van der Waals surface area contributed by atoms with Gasteiger partial charge in [0.1, 0.15) is 5.75 Å². The van der Waals surface area contributed by atoms with E-state index in [0.29, 0.717) is 29.1 Å². The third kappa shape index (κ3) is 3.24. The molecule has 1 aliphatic heterocycles. The lowest BCUT2D eigenvalue weighted by Crippen LogP contribution is -2.39. The number of nitrogens with zero attached hydrogens (tertiary/aromatic N) is 2. The van der Waals surface area contributed by atoms with E-state index in [1.54, 1.807) is 49.5 Å². The average Bonchev–Trinajstić information content (AvgIpc) is 2.61. The molecule has 128 valence electrons. The van der Waals surface area contributed by atoms with Crippen molar-refractivity contribution in [1.29, 1.82) is 0 Å². The Morgan fingerprint density at radius 3 is 2.88 bits per heavy atom. The van der Waals surface area contributed by atoms with Gasteiger partial charge in [0.05, 0.1) is 12.2 Å². The number of anilines is 1. The van der Waals surface area contributed by atoms with E-state index in [0.717, 1.165) is 0 Å². The smallest absolute Gasteiger partial charge is 0.265 e. The Labute approximate surface area is 145 Å². The van der Waals surface area contributed by atoms with E-state index >= 15 is 0 Å². The minimum absolute atomic E-state index is 0.0349. The number of hydrogen-bond acceptors (Lipinski definition) is 4. The van der Waals surface area contributed by atoms with E-state index < -0.39 is 0 Å². The molecule has 25 heavy (non-hydrogen) atoms. The fourth-order valence-corrected chi connectivity index (χ4v) is 2.73. The fourth-order valence-electron chi connectivity index (χ4n) is 2.73. The van der Waals surface area contributed by atoms with Crippen molar-refractivity contribution in [3.8, 4) is 5.75 Å². The van der Waals surface area contributed by atoms with Crippen molar-refractivity contribution < 1.29 is 14.3 Å². The molecule has 2 heterocycles. The Bertz CT molecular complexity index is 914. The van der Waals surface area contributed by atoms with E-state index in [4.69, 9.17) is 4.74 Å². The quantitative estimate of drug-likeness (QED) is 0.617. The minimum Gasteiger partial charge on any atom is -0.482 e. The molecule has 3 rings (SSSR count). The predicted octanol–water partition coefficient (Wildman–Crippen LogP) is 1.95. The van der Waals surface area contributed by atoms with Crippen molar-refractivity contribution in [3.05, 3.63) is 70.7 Å². The molecule has 1 aromatic carbocycles. The monoisotopic (exact) mass is 338 g/mol. The van der Waals surface area contributed by atoms with Gasteiger partial charge >= 0.3 is 0 Å². The van der Waals surface area contributed by atoms with Crippen LogP contribution in [0.3, 0.4) is 0 Å². The number of ether oxygens (including phenoxy) is 1. The van der Waals surface area contributed by atoms with Crippen molar-refractivity contribution in [2.24, 2.45) is 0 Å². The number of carbonyl (C=O) groups excluding carboxylic acids is 2. The number of pyridine rings is 1. The summed E-state index contributed by atoms with van der Waals surface area (Å²) >= 11 is 0. The molecule has 0 fully saturated rings. The normalized spacial score (nSPS) is 13.2. The van der Waals surface area contributed by atoms with Crippen LogP contribution in [0.15, 0.2) is 54.0 Å². The van der Waals surface area contributed by atoms with Crippen LogP contribution in [0.25, 0.3) is 0 Å². The number of rotatable bonds is 5. The van der Waals surface area contributed by atoms with Crippen LogP contribution < -0.4 is 15.2 Å². The zero-order chi connectivity index (χ0) is 18.0. The SMILES string of the molecule is C=CCN1C(=O)COc2ccc(C(=O)Cn3cccc(C)c3=O)cc21. The molecule has 0 unspecified atom stereocenters. The van der Waals surface area contributed by atoms with Crippen LogP contribution in [-0.4, -0.2) is 29.4 Å². The average molecular weight is 338 g/mol. The second-order valence-electron chi connectivity index (χ2n) is 5.81. The van der Waals surface area contributed by atoms with Crippen molar-refractivity contribution in [2.75, 3.05) is 18.1 Å². The summed E-state index contributed by atoms with van der Waals surface area (Å²) in [5, 5.41) is 0. The maximum Gasteiger partial charge on any atom is 0.265 e. The molecule has 0 N–H and O–H groups in total. The number of aryl methyl sites for hydroxylation is 1. The molecule has 1 amide bonds. The number of amides is 1. The Morgan fingerprint density at radius 2 is 2.12 bits per heavy atom. The summed E-state index contributed by atoms with van der Waals surface area (Å²) in [5.41, 5.74) is 1.34. The van der Waals surface area contributed by atoms with Crippen LogP contribution in [0.5, 0.6) is 5.75 Å². The third-order valence-corrected chi connectivity index (χ3v) is 4.06. The fraction of sp³-hybridized carbons (Fsp3) is 0.211. The van der Waals surface area contributed by atoms with Crippen LogP contribution in [0, 0.1) is 6.92 Å². The number of ketones is 1. The number of hydrogen-bond donors (Lipinski definition) is 0. The van der Waals surface area contributed by atoms with Crippen molar-refractivity contribution in [3.63, 3.8) is 0 Å². The molecular weight excluding hydrogens is 320 g/mol. The van der Waals surface area contributed by atoms with Gasteiger partial charge in [0.15, 0.2) is 12.4 Å². The first-order valence-electron chi connectivity index (χ1n) is 7.88. The first kappa shape index (κ1) is 16.7. The summed E-state index contributed by atoms with van der Waals surface area (Å²) in [6.45, 7) is 5.60. The first-order valence-corrected chi connectivity index (χ1v) is 7.88. The molecule has 1 aliphatic rings. The summed E-state index contributed by atoms with van der Waals surface area (Å²) in [6.07, 6.45) is 3.20. The third-order valence-electron chi connectivity index (χ3n) is 4.06. The molecule has 1 aromatic heterocycles. The highest BCUT2D eigenvalue weighted by molar-refractivity contribution is 6.02. The summed E-state index contributed by atoms with van der Waals surface area (Å²) in [4.78, 5) is 38.2. The van der Waals surface area contributed by atoms with Gasteiger partial charge in [-0.05, 0) is 31.2 Å². The lowest BCUT2D eigenvalue weighted by atomic mass is 10.1. The van der Waals surface area contributed by atoms with Crippen molar-refractivity contribution in [2.45, 2.75) is 13.5 Å². The maximum atomic E-state index is 12.6. The van der Waals surface area contributed by atoms with Crippen LogP contribution in [0.2, 0.25) is 0 Å². The molecule has 0 atom stereocenters. The number of aromatic nitrogens is 1. The van der Waals surface area contributed by atoms with Gasteiger partial charge in [0.25, 0.3) is 11.5 Å².